The molecular formula is C10H22N2. The molecule has 0 bridgehead atoms. The fourth-order valence-corrected chi connectivity index (χ4v) is 1.98. The second kappa shape index (κ2) is 3.75. The predicted molar refractivity (Wildman–Crippen MR) is 53.4 cm³/mol. The van der Waals surface area contributed by atoms with E-state index in [1.807, 2.05) is 0 Å². The summed E-state index contributed by atoms with van der Waals surface area (Å²) in [6.45, 7) is 9.17. The van der Waals surface area contributed by atoms with Gasteiger partial charge in [-0.1, -0.05) is 6.92 Å². The molecule has 12 heavy (non-hydrogen) atoms. The second-order valence-electron chi connectivity index (χ2n) is 4.48. The number of hydrogen-bond donors (Lipinski definition) is 1. The maximum absolute atomic E-state index is 3.53. The summed E-state index contributed by atoms with van der Waals surface area (Å²) in [4.78, 5) is 2.46. The van der Waals surface area contributed by atoms with E-state index in [1.165, 1.54) is 19.4 Å². The maximum atomic E-state index is 3.53. The molecule has 1 N–H and O–H groups in total. The average Bonchev–Trinajstić information content (AvgIpc) is 1.97. The number of likely N-dealkylation sites (tertiary alicyclic amines) is 1. The van der Waals surface area contributed by atoms with E-state index >= 15 is 0 Å². The molecule has 0 amide bonds. The Morgan fingerprint density at radius 1 is 1.50 bits per heavy atom. The van der Waals surface area contributed by atoms with Crippen molar-refractivity contribution in [2.24, 2.45) is 0 Å². The van der Waals surface area contributed by atoms with Gasteiger partial charge in [0.15, 0.2) is 0 Å². The highest BCUT2D eigenvalue weighted by Gasteiger charge is 2.31. The number of nitrogens with zero attached hydrogens (tertiary/aromatic N) is 1. The Bertz CT molecular complexity index is 143. The van der Waals surface area contributed by atoms with Crippen LogP contribution in [0.2, 0.25) is 0 Å². The van der Waals surface area contributed by atoms with Crippen LogP contribution in [-0.2, 0) is 0 Å². The Labute approximate surface area is 76.3 Å². The molecule has 0 aromatic rings. The van der Waals surface area contributed by atoms with Gasteiger partial charge in [0.25, 0.3) is 0 Å². The zero-order chi connectivity index (χ0) is 9.19. The Morgan fingerprint density at radius 3 is 2.67 bits per heavy atom. The van der Waals surface area contributed by atoms with Crippen molar-refractivity contribution >= 4 is 0 Å². The first kappa shape index (κ1) is 10.0. The van der Waals surface area contributed by atoms with E-state index in [2.05, 4.69) is 38.0 Å². The number of rotatable bonds is 2. The molecule has 0 saturated carbocycles. The predicted octanol–water partition coefficient (Wildman–Crippen LogP) is 1.47. The van der Waals surface area contributed by atoms with Crippen LogP contribution in [0.3, 0.4) is 0 Å². The normalized spacial score (nSPS) is 30.5. The summed E-state index contributed by atoms with van der Waals surface area (Å²) < 4.78 is 0. The van der Waals surface area contributed by atoms with Crippen LogP contribution in [0, 0.1) is 0 Å². The molecule has 1 unspecified atom stereocenters. The largest absolute Gasteiger partial charge is 0.314 e. The van der Waals surface area contributed by atoms with E-state index in [0.717, 1.165) is 12.6 Å². The van der Waals surface area contributed by atoms with Crippen LogP contribution < -0.4 is 5.32 Å². The van der Waals surface area contributed by atoms with Crippen molar-refractivity contribution < 1.29 is 0 Å². The smallest absolute Gasteiger partial charge is 0.0165 e. The number of hydrogen-bond acceptors (Lipinski definition) is 2. The highest BCUT2D eigenvalue weighted by Crippen LogP contribution is 2.25. The van der Waals surface area contributed by atoms with Crippen molar-refractivity contribution in [2.75, 3.05) is 20.1 Å². The molecule has 0 aromatic heterocycles. The quantitative estimate of drug-likeness (QED) is 0.675. The van der Waals surface area contributed by atoms with Crippen LogP contribution in [0.5, 0.6) is 0 Å². The van der Waals surface area contributed by atoms with Crippen LogP contribution in [0.4, 0.5) is 0 Å². The molecule has 0 spiro atoms. The first-order chi connectivity index (χ1) is 5.56. The number of nitrogens with one attached hydrogen (secondary N) is 1. The van der Waals surface area contributed by atoms with E-state index in [9.17, 15) is 0 Å². The van der Waals surface area contributed by atoms with E-state index < -0.39 is 0 Å². The molecule has 0 aromatic carbocycles. The minimum atomic E-state index is 0.380. The minimum Gasteiger partial charge on any atom is -0.314 e. The monoisotopic (exact) mass is 170 g/mol. The second-order valence-corrected chi connectivity index (χ2v) is 4.48. The Hall–Kier alpha value is -0.0800. The van der Waals surface area contributed by atoms with Gasteiger partial charge in [0.05, 0.1) is 0 Å². The van der Waals surface area contributed by atoms with Gasteiger partial charge in [0, 0.05) is 11.6 Å². The molecule has 1 saturated heterocycles. The van der Waals surface area contributed by atoms with Gasteiger partial charge in [-0.3, -0.25) is 0 Å². The van der Waals surface area contributed by atoms with Gasteiger partial charge in [-0.05, 0) is 46.8 Å². The molecule has 1 fully saturated rings. The average molecular weight is 170 g/mol. The molecule has 1 atom stereocenters. The van der Waals surface area contributed by atoms with Gasteiger partial charge in [-0.2, -0.15) is 0 Å². The maximum Gasteiger partial charge on any atom is 0.0165 e. The summed E-state index contributed by atoms with van der Waals surface area (Å²) in [7, 11) is 2.22. The SMILES string of the molecule is CCNC1CCN(C)C(C)(C)C1. The Kier molecular flexibility index (Phi) is 3.13. The van der Waals surface area contributed by atoms with Crippen LogP contribution in [0.15, 0.2) is 0 Å². The van der Waals surface area contributed by atoms with Gasteiger partial charge in [-0.15, -0.1) is 0 Å². The minimum absolute atomic E-state index is 0.380. The van der Waals surface area contributed by atoms with Crippen molar-refractivity contribution in [1.82, 2.24) is 10.2 Å². The Balaban J connectivity index is 2.45. The van der Waals surface area contributed by atoms with Crippen LogP contribution in [0.1, 0.15) is 33.6 Å². The standard InChI is InChI=1S/C10H22N2/c1-5-11-9-6-7-12(4)10(2,3)8-9/h9,11H,5-8H2,1-4H3. The van der Waals surface area contributed by atoms with Crippen LogP contribution >= 0.6 is 0 Å². The third-order valence-corrected chi connectivity index (χ3v) is 3.09. The fourth-order valence-electron chi connectivity index (χ4n) is 1.98. The van der Waals surface area contributed by atoms with Crippen molar-refractivity contribution in [3.8, 4) is 0 Å². The lowest BCUT2D eigenvalue weighted by Crippen LogP contribution is -2.52. The van der Waals surface area contributed by atoms with Crippen molar-refractivity contribution in [1.29, 1.82) is 0 Å². The summed E-state index contributed by atoms with van der Waals surface area (Å²) in [5.41, 5.74) is 0.380. The lowest BCUT2D eigenvalue weighted by molar-refractivity contribution is 0.0860. The highest BCUT2D eigenvalue weighted by molar-refractivity contribution is 4.90. The number of piperidine rings is 1. The molecule has 1 aliphatic rings. The zero-order valence-corrected chi connectivity index (χ0v) is 8.85. The lowest BCUT2D eigenvalue weighted by Gasteiger charge is -2.43. The molecular weight excluding hydrogens is 148 g/mol. The molecule has 1 aliphatic heterocycles. The van der Waals surface area contributed by atoms with E-state index in [1.54, 1.807) is 0 Å². The molecule has 0 aliphatic carbocycles. The molecule has 1 heterocycles. The van der Waals surface area contributed by atoms with Gasteiger partial charge in [0.1, 0.15) is 0 Å². The van der Waals surface area contributed by atoms with Gasteiger partial charge < -0.3 is 10.2 Å². The van der Waals surface area contributed by atoms with Crippen molar-refractivity contribution in [3.63, 3.8) is 0 Å². The van der Waals surface area contributed by atoms with Gasteiger partial charge >= 0.3 is 0 Å². The fraction of sp³-hybridized carbons (Fsp3) is 1.00. The topological polar surface area (TPSA) is 15.3 Å². The Morgan fingerprint density at radius 2 is 2.17 bits per heavy atom. The van der Waals surface area contributed by atoms with E-state index in [4.69, 9.17) is 0 Å². The van der Waals surface area contributed by atoms with Crippen LogP contribution in [0.25, 0.3) is 0 Å². The molecule has 0 radical (unpaired) electrons. The third-order valence-electron chi connectivity index (χ3n) is 3.09. The summed E-state index contributed by atoms with van der Waals surface area (Å²) >= 11 is 0. The van der Waals surface area contributed by atoms with Crippen molar-refractivity contribution in [2.45, 2.75) is 45.2 Å². The molecule has 1 rings (SSSR count). The first-order valence-corrected chi connectivity index (χ1v) is 5.01. The van der Waals surface area contributed by atoms with E-state index in [-0.39, 0.29) is 0 Å². The summed E-state index contributed by atoms with van der Waals surface area (Å²) in [6.07, 6.45) is 2.57. The third kappa shape index (κ3) is 2.20. The molecule has 72 valence electrons. The van der Waals surface area contributed by atoms with Crippen molar-refractivity contribution in [3.05, 3.63) is 0 Å². The first-order valence-electron chi connectivity index (χ1n) is 5.01. The lowest BCUT2D eigenvalue weighted by atomic mass is 9.87. The van der Waals surface area contributed by atoms with Gasteiger partial charge in [0.2, 0.25) is 0 Å². The van der Waals surface area contributed by atoms with Crippen LogP contribution in [-0.4, -0.2) is 36.6 Å². The highest BCUT2D eigenvalue weighted by atomic mass is 15.2. The summed E-state index contributed by atoms with van der Waals surface area (Å²) in [5, 5.41) is 3.53. The summed E-state index contributed by atoms with van der Waals surface area (Å²) in [6, 6.07) is 0.737. The van der Waals surface area contributed by atoms with Gasteiger partial charge in [-0.25, -0.2) is 0 Å². The summed E-state index contributed by atoms with van der Waals surface area (Å²) in [5.74, 6) is 0. The molecule has 2 heteroatoms. The molecule has 2 nitrogen and oxygen atoms in total. The zero-order valence-electron chi connectivity index (χ0n) is 8.85. The van der Waals surface area contributed by atoms with E-state index in [0.29, 0.717) is 5.54 Å².